The highest BCUT2D eigenvalue weighted by Crippen LogP contribution is 2.17. The van der Waals surface area contributed by atoms with Crippen LogP contribution in [-0.4, -0.2) is 12.6 Å². The highest BCUT2D eigenvalue weighted by Gasteiger charge is 2.03. The number of allylic oxidation sites excluding steroid dienone is 2. The lowest BCUT2D eigenvalue weighted by Crippen LogP contribution is -2.05. The van der Waals surface area contributed by atoms with Gasteiger partial charge in [-0.3, -0.25) is 4.79 Å². The Bertz CT molecular complexity index is 698. The van der Waals surface area contributed by atoms with Gasteiger partial charge in [0.2, 0.25) is 0 Å². The van der Waals surface area contributed by atoms with Crippen molar-refractivity contribution in [3.05, 3.63) is 12.2 Å². The molecule has 0 spiro atoms. The van der Waals surface area contributed by atoms with Crippen LogP contribution in [0.2, 0.25) is 0 Å². The Balaban J connectivity index is 3.15. The van der Waals surface area contributed by atoms with Crippen LogP contribution in [0.1, 0.15) is 309 Å². The Labute approximate surface area is 342 Å². The average molecular weight is 759 g/mol. The molecule has 0 heterocycles. The second-order valence-electron chi connectivity index (χ2n) is 17.5. The molecule has 0 aromatic rings. The summed E-state index contributed by atoms with van der Waals surface area (Å²) in [7, 11) is 0. The number of hydrogen-bond donors (Lipinski definition) is 0. The normalized spacial score (nSPS) is 11.7. The van der Waals surface area contributed by atoms with Crippen molar-refractivity contribution in [3.8, 4) is 0 Å². The van der Waals surface area contributed by atoms with E-state index < -0.39 is 0 Å². The summed E-state index contributed by atoms with van der Waals surface area (Å²) in [6.45, 7) is 5.22. The maximum absolute atomic E-state index is 12.0. The molecule has 322 valence electrons. The third-order valence-electron chi connectivity index (χ3n) is 11.9. The van der Waals surface area contributed by atoms with Crippen LogP contribution in [0, 0.1) is 0 Å². The van der Waals surface area contributed by atoms with Gasteiger partial charge in [0.15, 0.2) is 0 Å². The van der Waals surface area contributed by atoms with E-state index in [0.717, 1.165) is 12.8 Å². The van der Waals surface area contributed by atoms with Gasteiger partial charge < -0.3 is 4.74 Å². The molecule has 0 saturated heterocycles. The first-order chi connectivity index (χ1) is 26.8. The van der Waals surface area contributed by atoms with Crippen LogP contribution in [-0.2, 0) is 9.53 Å². The maximum Gasteiger partial charge on any atom is 0.305 e. The van der Waals surface area contributed by atoms with E-state index in [1.54, 1.807) is 0 Å². The molecule has 0 saturated carbocycles. The minimum atomic E-state index is 0.0261. The van der Waals surface area contributed by atoms with Crippen molar-refractivity contribution < 1.29 is 9.53 Å². The highest BCUT2D eigenvalue weighted by atomic mass is 16.5. The maximum atomic E-state index is 12.0. The second-order valence-corrected chi connectivity index (χ2v) is 17.5. The second kappa shape index (κ2) is 50.2. The molecule has 0 radical (unpaired) electrons. The van der Waals surface area contributed by atoms with Gasteiger partial charge in [0, 0.05) is 6.42 Å². The fourth-order valence-electron chi connectivity index (χ4n) is 8.08. The molecule has 0 aliphatic rings. The molecule has 2 heteroatoms. The molecule has 0 aliphatic heterocycles. The Morgan fingerprint density at radius 2 is 0.519 bits per heavy atom. The van der Waals surface area contributed by atoms with Gasteiger partial charge in [-0.15, -0.1) is 0 Å². The number of ether oxygens (including phenoxy) is 1. The van der Waals surface area contributed by atoms with Gasteiger partial charge in [0.05, 0.1) is 6.61 Å². The Kier molecular flexibility index (Phi) is 49.5. The molecule has 0 amide bonds. The summed E-state index contributed by atoms with van der Waals surface area (Å²) in [5.41, 5.74) is 0. The fourth-order valence-corrected chi connectivity index (χ4v) is 8.08. The predicted molar refractivity (Wildman–Crippen MR) is 244 cm³/mol. The van der Waals surface area contributed by atoms with E-state index in [-0.39, 0.29) is 5.97 Å². The number of unbranched alkanes of at least 4 members (excludes halogenated alkanes) is 42. The fraction of sp³-hybridized carbons (Fsp3) is 0.942. The van der Waals surface area contributed by atoms with Crippen molar-refractivity contribution in [3.63, 3.8) is 0 Å². The number of carbonyl (C=O) groups is 1. The van der Waals surface area contributed by atoms with Gasteiger partial charge in [0.25, 0.3) is 0 Å². The van der Waals surface area contributed by atoms with Gasteiger partial charge in [-0.2, -0.15) is 0 Å². The molecule has 54 heavy (non-hydrogen) atoms. The minimum absolute atomic E-state index is 0.0261. The van der Waals surface area contributed by atoms with Gasteiger partial charge in [-0.1, -0.05) is 276 Å². The van der Waals surface area contributed by atoms with Crippen LogP contribution >= 0.6 is 0 Å². The summed E-state index contributed by atoms with van der Waals surface area (Å²) < 4.78 is 5.48. The van der Waals surface area contributed by atoms with E-state index in [1.165, 1.54) is 276 Å². The van der Waals surface area contributed by atoms with Crippen molar-refractivity contribution in [1.82, 2.24) is 0 Å². The molecule has 0 aromatic heterocycles. The van der Waals surface area contributed by atoms with Gasteiger partial charge >= 0.3 is 5.97 Å². The van der Waals surface area contributed by atoms with E-state index in [4.69, 9.17) is 4.74 Å². The van der Waals surface area contributed by atoms with E-state index >= 15 is 0 Å². The molecule has 0 aliphatic carbocycles. The minimum Gasteiger partial charge on any atom is -0.466 e. The third kappa shape index (κ3) is 49.2. The van der Waals surface area contributed by atoms with Crippen molar-refractivity contribution in [2.75, 3.05) is 6.61 Å². The zero-order valence-corrected chi connectivity index (χ0v) is 37.7. The summed E-state index contributed by atoms with van der Waals surface area (Å²) in [5.74, 6) is 0.0261. The smallest absolute Gasteiger partial charge is 0.305 e. The van der Waals surface area contributed by atoms with Crippen LogP contribution in [0.5, 0.6) is 0 Å². The van der Waals surface area contributed by atoms with Crippen LogP contribution < -0.4 is 0 Å². The average Bonchev–Trinajstić information content (AvgIpc) is 3.18. The molecule has 0 aromatic carbocycles. The lowest BCUT2D eigenvalue weighted by atomic mass is 10.0. The zero-order valence-electron chi connectivity index (χ0n) is 37.7. The summed E-state index contributed by atoms with van der Waals surface area (Å²) in [6.07, 6.45) is 67.9. The number of carbonyl (C=O) groups excluding carboxylic acids is 1. The third-order valence-corrected chi connectivity index (χ3v) is 11.9. The Morgan fingerprint density at radius 3 is 0.796 bits per heavy atom. The van der Waals surface area contributed by atoms with Crippen LogP contribution in [0.15, 0.2) is 12.2 Å². The first kappa shape index (κ1) is 53.2. The van der Waals surface area contributed by atoms with Crippen LogP contribution in [0.3, 0.4) is 0 Å². The molecule has 0 atom stereocenters. The van der Waals surface area contributed by atoms with Crippen molar-refractivity contribution in [1.29, 1.82) is 0 Å². The quantitative estimate of drug-likeness (QED) is 0.0351. The predicted octanol–water partition coefficient (Wildman–Crippen LogP) is 19.1. The highest BCUT2D eigenvalue weighted by molar-refractivity contribution is 5.69. The monoisotopic (exact) mass is 759 g/mol. The molecule has 0 N–H and O–H groups in total. The Morgan fingerprint density at radius 1 is 0.296 bits per heavy atom. The van der Waals surface area contributed by atoms with E-state index in [9.17, 15) is 4.79 Å². The molecular weight excluding hydrogens is 657 g/mol. The molecule has 0 bridgehead atoms. The van der Waals surface area contributed by atoms with Gasteiger partial charge in [-0.05, 0) is 38.5 Å². The van der Waals surface area contributed by atoms with E-state index in [1.807, 2.05) is 0 Å². The SMILES string of the molecule is CCCCCCCC/C=C\CCCCCCCCOC(=O)CCCCCCCCCCCCCCCCCCCCCCCCCCCCCCCCC. The zero-order chi connectivity index (χ0) is 38.9. The summed E-state index contributed by atoms with van der Waals surface area (Å²) in [4.78, 5) is 12.0. The summed E-state index contributed by atoms with van der Waals surface area (Å²) >= 11 is 0. The molecule has 2 nitrogen and oxygen atoms in total. The number of rotatable bonds is 48. The standard InChI is InChI=1S/C52H102O2/c1-3-5-7-9-11-13-15-17-19-21-22-23-24-25-26-27-28-29-30-31-32-33-34-35-36-38-40-42-44-46-48-50-52(53)54-51-49-47-45-43-41-39-37-20-18-16-14-12-10-8-6-4-2/h18,20H,3-17,19,21-51H2,1-2H3/b20-18-. The van der Waals surface area contributed by atoms with Crippen LogP contribution in [0.4, 0.5) is 0 Å². The van der Waals surface area contributed by atoms with Crippen molar-refractivity contribution in [2.45, 2.75) is 309 Å². The lowest BCUT2D eigenvalue weighted by molar-refractivity contribution is -0.143. The number of esters is 1. The Hall–Kier alpha value is -0.790. The molecule has 0 unspecified atom stereocenters. The van der Waals surface area contributed by atoms with Crippen LogP contribution in [0.25, 0.3) is 0 Å². The van der Waals surface area contributed by atoms with E-state index in [2.05, 4.69) is 26.0 Å². The first-order valence-electron chi connectivity index (χ1n) is 25.6. The first-order valence-corrected chi connectivity index (χ1v) is 25.6. The summed E-state index contributed by atoms with van der Waals surface area (Å²) in [6, 6.07) is 0. The lowest BCUT2D eigenvalue weighted by Gasteiger charge is -2.06. The van der Waals surface area contributed by atoms with Crippen molar-refractivity contribution in [2.24, 2.45) is 0 Å². The van der Waals surface area contributed by atoms with Gasteiger partial charge in [-0.25, -0.2) is 0 Å². The molecule has 0 fully saturated rings. The van der Waals surface area contributed by atoms with Crippen molar-refractivity contribution >= 4 is 5.97 Å². The summed E-state index contributed by atoms with van der Waals surface area (Å²) in [5, 5.41) is 0. The molecular formula is C52H102O2. The van der Waals surface area contributed by atoms with Gasteiger partial charge in [0.1, 0.15) is 0 Å². The topological polar surface area (TPSA) is 26.3 Å². The largest absolute Gasteiger partial charge is 0.466 e. The van der Waals surface area contributed by atoms with E-state index in [0.29, 0.717) is 13.0 Å². The number of hydrogen-bond acceptors (Lipinski definition) is 2. The molecule has 0 rings (SSSR count).